The van der Waals surface area contributed by atoms with E-state index in [1.54, 1.807) is 7.11 Å². The van der Waals surface area contributed by atoms with E-state index in [0.717, 1.165) is 24.6 Å². The highest BCUT2D eigenvalue weighted by Crippen LogP contribution is 2.41. The number of ether oxygens (including phenoxy) is 1. The minimum atomic E-state index is 0.176. The number of rotatable bonds is 5. The van der Waals surface area contributed by atoms with Gasteiger partial charge in [-0.15, -0.1) is 0 Å². The first-order valence-corrected chi connectivity index (χ1v) is 7.43. The number of hydrogen-bond acceptors (Lipinski definition) is 3. The molecule has 2 N–H and O–H groups in total. The number of carbonyl (C=O) groups is 1. The SMILES string of the molecule is COc1ccc(C(NC2CCC(=O)NC2)C2CC2)cc1. The Morgan fingerprint density at radius 2 is 2.00 bits per heavy atom. The number of methoxy groups -OCH3 is 1. The molecule has 1 aliphatic heterocycles. The molecule has 20 heavy (non-hydrogen) atoms. The minimum absolute atomic E-state index is 0.176. The van der Waals surface area contributed by atoms with Crippen molar-refractivity contribution in [1.29, 1.82) is 0 Å². The average Bonchev–Trinajstić information content (AvgIpc) is 3.31. The fourth-order valence-electron chi connectivity index (χ4n) is 2.87. The first kappa shape index (κ1) is 13.4. The zero-order chi connectivity index (χ0) is 13.9. The fourth-order valence-corrected chi connectivity index (χ4v) is 2.87. The van der Waals surface area contributed by atoms with Crippen molar-refractivity contribution in [2.45, 2.75) is 37.8 Å². The number of carbonyl (C=O) groups excluding carboxylic acids is 1. The Balaban J connectivity index is 1.67. The van der Waals surface area contributed by atoms with Crippen molar-refractivity contribution < 1.29 is 9.53 Å². The highest BCUT2D eigenvalue weighted by molar-refractivity contribution is 5.76. The Bertz CT molecular complexity index is 458. The summed E-state index contributed by atoms with van der Waals surface area (Å²) in [6.07, 6.45) is 4.16. The Morgan fingerprint density at radius 3 is 2.55 bits per heavy atom. The first-order chi connectivity index (χ1) is 9.76. The smallest absolute Gasteiger partial charge is 0.220 e. The van der Waals surface area contributed by atoms with Crippen LogP contribution in [0, 0.1) is 5.92 Å². The lowest BCUT2D eigenvalue weighted by Gasteiger charge is -2.29. The Hall–Kier alpha value is -1.55. The van der Waals surface area contributed by atoms with Crippen LogP contribution >= 0.6 is 0 Å². The lowest BCUT2D eigenvalue weighted by molar-refractivity contribution is -0.122. The lowest BCUT2D eigenvalue weighted by atomic mass is 9.99. The largest absolute Gasteiger partial charge is 0.497 e. The van der Waals surface area contributed by atoms with E-state index in [9.17, 15) is 4.79 Å². The lowest BCUT2D eigenvalue weighted by Crippen LogP contribution is -2.47. The summed E-state index contributed by atoms with van der Waals surface area (Å²) in [5, 5.41) is 6.68. The fraction of sp³-hybridized carbons (Fsp3) is 0.562. The molecule has 4 nitrogen and oxygen atoms in total. The summed E-state index contributed by atoms with van der Waals surface area (Å²) in [5.41, 5.74) is 1.32. The predicted molar refractivity (Wildman–Crippen MR) is 77.6 cm³/mol. The van der Waals surface area contributed by atoms with Crippen LogP contribution in [-0.4, -0.2) is 25.6 Å². The Labute approximate surface area is 119 Å². The quantitative estimate of drug-likeness (QED) is 0.863. The zero-order valence-electron chi connectivity index (χ0n) is 11.9. The van der Waals surface area contributed by atoms with Crippen molar-refractivity contribution in [1.82, 2.24) is 10.6 Å². The van der Waals surface area contributed by atoms with Crippen molar-refractivity contribution >= 4 is 5.91 Å². The molecule has 0 aromatic heterocycles. The van der Waals surface area contributed by atoms with Crippen molar-refractivity contribution in [3.63, 3.8) is 0 Å². The molecule has 2 atom stereocenters. The molecule has 2 fully saturated rings. The van der Waals surface area contributed by atoms with Crippen molar-refractivity contribution in [3.8, 4) is 5.75 Å². The average molecular weight is 274 g/mol. The molecule has 1 aliphatic carbocycles. The molecule has 1 saturated heterocycles. The normalized spacial score (nSPS) is 24.1. The molecular weight excluding hydrogens is 252 g/mol. The van der Waals surface area contributed by atoms with Gasteiger partial charge < -0.3 is 15.4 Å². The van der Waals surface area contributed by atoms with E-state index >= 15 is 0 Å². The van der Waals surface area contributed by atoms with Gasteiger partial charge in [-0.2, -0.15) is 0 Å². The van der Waals surface area contributed by atoms with Crippen LogP contribution in [0.25, 0.3) is 0 Å². The third-order valence-electron chi connectivity index (χ3n) is 4.25. The van der Waals surface area contributed by atoms with Gasteiger partial charge in [0.2, 0.25) is 5.91 Å². The molecule has 1 aromatic rings. The third kappa shape index (κ3) is 3.12. The zero-order valence-corrected chi connectivity index (χ0v) is 11.9. The van der Waals surface area contributed by atoms with Gasteiger partial charge in [0.15, 0.2) is 0 Å². The summed E-state index contributed by atoms with van der Waals surface area (Å²) in [5.74, 6) is 1.81. The van der Waals surface area contributed by atoms with Crippen LogP contribution in [-0.2, 0) is 4.79 Å². The molecule has 0 radical (unpaired) electrons. The molecule has 0 bridgehead atoms. The van der Waals surface area contributed by atoms with E-state index < -0.39 is 0 Å². The van der Waals surface area contributed by atoms with Crippen molar-refractivity contribution in [2.75, 3.05) is 13.7 Å². The van der Waals surface area contributed by atoms with Gasteiger partial charge in [-0.25, -0.2) is 0 Å². The van der Waals surface area contributed by atoms with Crippen molar-refractivity contribution in [3.05, 3.63) is 29.8 Å². The Morgan fingerprint density at radius 1 is 1.25 bits per heavy atom. The highest BCUT2D eigenvalue weighted by Gasteiger charge is 2.34. The van der Waals surface area contributed by atoms with Crippen LogP contribution in [0.4, 0.5) is 0 Å². The maximum absolute atomic E-state index is 11.2. The van der Waals surface area contributed by atoms with Crippen LogP contribution in [0.1, 0.15) is 37.3 Å². The molecule has 2 unspecified atom stereocenters. The van der Waals surface area contributed by atoms with Crippen LogP contribution in [0.5, 0.6) is 5.75 Å². The van der Waals surface area contributed by atoms with Gasteiger partial charge in [0, 0.05) is 25.0 Å². The van der Waals surface area contributed by atoms with Gasteiger partial charge in [-0.3, -0.25) is 4.79 Å². The number of nitrogens with one attached hydrogen (secondary N) is 2. The monoisotopic (exact) mass is 274 g/mol. The molecule has 1 heterocycles. The van der Waals surface area contributed by atoms with Crippen molar-refractivity contribution in [2.24, 2.45) is 5.92 Å². The maximum atomic E-state index is 11.2. The summed E-state index contributed by atoms with van der Waals surface area (Å²) < 4.78 is 5.22. The maximum Gasteiger partial charge on any atom is 0.220 e. The molecule has 108 valence electrons. The summed E-state index contributed by atoms with van der Waals surface area (Å²) in [6.45, 7) is 0.748. The molecule has 1 amide bonds. The van der Waals surface area contributed by atoms with Crippen LogP contribution < -0.4 is 15.4 Å². The molecule has 4 heteroatoms. The van der Waals surface area contributed by atoms with Gasteiger partial charge in [0.25, 0.3) is 0 Å². The highest BCUT2D eigenvalue weighted by atomic mass is 16.5. The van der Waals surface area contributed by atoms with Crippen LogP contribution in [0.3, 0.4) is 0 Å². The van der Waals surface area contributed by atoms with E-state index in [4.69, 9.17) is 4.74 Å². The standard InChI is InChI=1S/C16H22N2O2/c1-20-14-7-4-12(5-8-14)16(11-2-3-11)18-13-6-9-15(19)17-10-13/h4-5,7-8,11,13,16,18H,2-3,6,9-10H2,1H3,(H,17,19). The molecule has 1 aromatic carbocycles. The van der Waals surface area contributed by atoms with Gasteiger partial charge in [0.1, 0.15) is 5.75 Å². The molecule has 2 aliphatic rings. The van der Waals surface area contributed by atoms with E-state index in [2.05, 4.69) is 22.8 Å². The second-order valence-corrected chi connectivity index (χ2v) is 5.79. The summed E-state index contributed by atoms with van der Waals surface area (Å²) in [4.78, 5) is 11.2. The molecular formula is C16H22N2O2. The van der Waals surface area contributed by atoms with Gasteiger partial charge in [-0.1, -0.05) is 12.1 Å². The second-order valence-electron chi connectivity index (χ2n) is 5.79. The molecule has 1 saturated carbocycles. The first-order valence-electron chi connectivity index (χ1n) is 7.43. The Kier molecular flexibility index (Phi) is 3.92. The number of amides is 1. The van der Waals surface area contributed by atoms with E-state index in [-0.39, 0.29) is 5.91 Å². The number of benzene rings is 1. The van der Waals surface area contributed by atoms with Gasteiger partial charge in [0.05, 0.1) is 7.11 Å². The van der Waals surface area contributed by atoms with Crippen LogP contribution in [0.2, 0.25) is 0 Å². The topological polar surface area (TPSA) is 50.4 Å². The second kappa shape index (κ2) is 5.83. The summed E-state index contributed by atoms with van der Waals surface area (Å²) in [6, 6.07) is 9.14. The summed E-state index contributed by atoms with van der Waals surface area (Å²) in [7, 11) is 1.69. The van der Waals surface area contributed by atoms with E-state index in [1.807, 2.05) is 12.1 Å². The van der Waals surface area contributed by atoms with Gasteiger partial charge >= 0.3 is 0 Å². The third-order valence-corrected chi connectivity index (χ3v) is 4.25. The molecule has 0 spiro atoms. The summed E-state index contributed by atoms with van der Waals surface area (Å²) >= 11 is 0. The minimum Gasteiger partial charge on any atom is -0.497 e. The van der Waals surface area contributed by atoms with E-state index in [0.29, 0.717) is 18.5 Å². The van der Waals surface area contributed by atoms with E-state index in [1.165, 1.54) is 18.4 Å². The number of hydrogen-bond donors (Lipinski definition) is 2. The predicted octanol–water partition coefficient (Wildman–Crippen LogP) is 2.01. The molecule has 3 rings (SSSR count). The number of piperidine rings is 1. The van der Waals surface area contributed by atoms with Gasteiger partial charge in [-0.05, 0) is 42.9 Å². The van der Waals surface area contributed by atoms with Crippen LogP contribution in [0.15, 0.2) is 24.3 Å².